The number of nitrogens with zero attached hydrogens (tertiary/aromatic N) is 3. The van der Waals surface area contributed by atoms with E-state index in [2.05, 4.69) is 32.7 Å². The monoisotopic (exact) mass is 379 g/mol. The Bertz CT molecular complexity index is 798. The first kappa shape index (κ1) is 13.0. The topological polar surface area (TPSA) is 57.0 Å². The standard InChI is InChI=1S/C14H10IN3O2/c1-20-14(19)13-11-5-6-16-8-12(11)18(17-13)10-4-2-3-9(15)7-10/h2-8H,1H3. The minimum Gasteiger partial charge on any atom is -0.464 e. The number of benzene rings is 1. The van der Waals surface area contributed by atoms with Gasteiger partial charge in [0, 0.05) is 15.2 Å². The van der Waals surface area contributed by atoms with Crippen molar-refractivity contribution in [3.63, 3.8) is 0 Å². The lowest BCUT2D eigenvalue weighted by Crippen LogP contribution is -2.04. The zero-order chi connectivity index (χ0) is 14.1. The maximum Gasteiger partial charge on any atom is 0.359 e. The highest BCUT2D eigenvalue weighted by molar-refractivity contribution is 14.1. The molecule has 3 aromatic rings. The lowest BCUT2D eigenvalue weighted by molar-refractivity contribution is 0.0595. The molecule has 0 aliphatic rings. The molecule has 0 spiro atoms. The quantitative estimate of drug-likeness (QED) is 0.508. The molecule has 0 saturated heterocycles. The van der Waals surface area contributed by atoms with Crippen molar-refractivity contribution in [2.75, 3.05) is 7.11 Å². The fraction of sp³-hybridized carbons (Fsp3) is 0.0714. The average Bonchev–Trinajstić information content (AvgIpc) is 2.86. The van der Waals surface area contributed by atoms with E-state index in [-0.39, 0.29) is 0 Å². The maximum atomic E-state index is 11.8. The fourth-order valence-corrected chi connectivity index (χ4v) is 2.54. The van der Waals surface area contributed by atoms with Gasteiger partial charge < -0.3 is 4.74 Å². The third-order valence-electron chi connectivity index (χ3n) is 2.91. The third kappa shape index (κ3) is 2.15. The van der Waals surface area contributed by atoms with Crippen LogP contribution in [0.25, 0.3) is 16.6 Å². The molecule has 0 atom stereocenters. The molecule has 6 heteroatoms. The van der Waals surface area contributed by atoms with Crippen LogP contribution in [0, 0.1) is 3.57 Å². The van der Waals surface area contributed by atoms with Gasteiger partial charge in [0.1, 0.15) is 0 Å². The molecule has 0 aliphatic carbocycles. The molecule has 1 aromatic carbocycles. The molecule has 2 heterocycles. The van der Waals surface area contributed by atoms with E-state index in [0.717, 1.165) is 20.2 Å². The summed E-state index contributed by atoms with van der Waals surface area (Å²) in [6.07, 6.45) is 3.32. The van der Waals surface area contributed by atoms with E-state index in [4.69, 9.17) is 4.74 Å². The molecule has 3 rings (SSSR count). The van der Waals surface area contributed by atoms with Crippen LogP contribution in [0.4, 0.5) is 0 Å². The highest BCUT2D eigenvalue weighted by Gasteiger charge is 2.18. The molecule has 0 aliphatic heterocycles. The van der Waals surface area contributed by atoms with Crippen molar-refractivity contribution in [2.45, 2.75) is 0 Å². The summed E-state index contributed by atoms with van der Waals surface area (Å²) in [5.41, 5.74) is 1.95. The van der Waals surface area contributed by atoms with Gasteiger partial charge in [0.25, 0.3) is 0 Å². The van der Waals surface area contributed by atoms with Gasteiger partial charge in [-0.15, -0.1) is 0 Å². The Morgan fingerprint density at radius 1 is 1.35 bits per heavy atom. The number of halogens is 1. The predicted octanol–water partition coefficient (Wildman–Crippen LogP) is 2.81. The predicted molar refractivity (Wildman–Crippen MR) is 82.9 cm³/mol. The smallest absolute Gasteiger partial charge is 0.359 e. The van der Waals surface area contributed by atoms with E-state index in [9.17, 15) is 4.79 Å². The molecule has 5 nitrogen and oxygen atoms in total. The summed E-state index contributed by atoms with van der Waals surface area (Å²) in [6, 6.07) is 9.62. The molecule has 0 amide bonds. The lowest BCUT2D eigenvalue weighted by atomic mass is 10.2. The summed E-state index contributed by atoms with van der Waals surface area (Å²) in [7, 11) is 1.35. The number of hydrogen-bond donors (Lipinski definition) is 0. The number of carbonyl (C=O) groups is 1. The van der Waals surface area contributed by atoms with Crippen molar-refractivity contribution in [2.24, 2.45) is 0 Å². The highest BCUT2D eigenvalue weighted by atomic mass is 127. The molecule has 0 saturated carbocycles. The first-order chi connectivity index (χ1) is 9.70. The second-order valence-electron chi connectivity index (χ2n) is 4.12. The van der Waals surface area contributed by atoms with Gasteiger partial charge in [0.2, 0.25) is 0 Å². The molecule has 0 bridgehead atoms. The van der Waals surface area contributed by atoms with Gasteiger partial charge in [-0.25, -0.2) is 9.48 Å². The van der Waals surface area contributed by atoms with E-state index < -0.39 is 5.97 Å². The zero-order valence-corrected chi connectivity index (χ0v) is 12.7. The Morgan fingerprint density at radius 3 is 2.95 bits per heavy atom. The largest absolute Gasteiger partial charge is 0.464 e. The first-order valence-electron chi connectivity index (χ1n) is 5.87. The number of carbonyl (C=O) groups excluding carboxylic acids is 1. The second kappa shape index (κ2) is 5.20. The van der Waals surface area contributed by atoms with E-state index in [1.165, 1.54) is 7.11 Å². The van der Waals surface area contributed by atoms with Gasteiger partial charge in [-0.05, 0) is 46.9 Å². The van der Waals surface area contributed by atoms with Crippen LogP contribution in [0.1, 0.15) is 10.5 Å². The van der Waals surface area contributed by atoms with Crippen molar-refractivity contribution in [1.82, 2.24) is 14.8 Å². The minimum absolute atomic E-state index is 0.295. The summed E-state index contributed by atoms with van der Waals surface area (Å²) >= 11 is 2.24. The minimum atomic E-state index is -0.453. The van der Waals surface area contributed by atoms with Crippen LogP contribution in [0.15, 0.2) is 42.7 Å². The lowest BCUT2D eigenvalue weighted by Gasteiger charge is -2.03. The number of fused-ring (bicyclic) bond motifs is 1. The van der Waals surface area contributed by atoms with Gasteiger partial charge in [-0.1, -0.05) is 6.07 Å². The van der Waals surface area contributed by atoms with E-state index >= 15 is 0 Å². The number of hydrogen-bond acceptors (Lipinski definition) is 4. The Balaban J connectivity index is 2.29. The van der Waals surface area contributed by atoms with Gasteiger partial charge in [-0.2, -0.15) is 5.10 Å². The van der Waals surface area contributed by atoms with Crippen LogP contribution < -0.4 is 0 Å². The number of aromatic nitrogens is 3. The van der Waals surface area contributed by atoms with Crippen molar-refractivity contribution < 1.29 is 9.53 Å². The molecule has 0 radical (unpaired) electrons. The van der Waals surface area contributed by atoms with E-state index in [0.29, 0.717) is 5.69 Å². The first-order valence-corrected chi connectivity index (χ1v) is 6.95. The second-order valence-corrected chi connectivity index (χ2v) is 5.37. The van der Waals surface area contributed by atoms with Crippen LogP contribution in [-0.2, 0) is 4.74 Å². The van der Waals surface area contributed by atoms with Gasteiger partial charge >= 0.3 is 5.97 Å². The SMILES string of the molecule is COC(=O)c1nn(-c2cccc(I)c2)c2cnccc12. The number of esters is 1. The van der Waals surface area contributed by atoms with Crippen molar-refractivity contribution >= 4 is 39.5 Å². The number of pyridine rings is 1. The van der Waals surface area contributed by atoms with Gasteiger partial charge in [-0.3, -0.25) is 4.98 Å². The number of rotatable bonds is 2. The summed E-state index contributed by atoms with van der Waals surface area (Å²) in [5, 5.41) is 5.10. The normalized spacial score (nSPS) is 10.7. The molecule has 0 N–H and O–H groups in total. The molecule has 20 heavy (non-hydrogen) atoms. The van der Waals surface area contributed by atoms with Crippen LogP contribution in [0.2, 0.25) is 0 Å². The van der Waals surface area contributed by atoms with Crippen molar-refractivity contribution in [3.8, 4) is 5.69 Å². The summed E-state index contributed by atoms with van der Waals surface area (Å²) < 4.78 is 7.58. The molecule has 2 aromatic heterocycles. The van der Waals surface area contributed by atoms with Crippen LogP contribution >= 0.6 is 22.6 Å². The summed E-state index contributed by atoms with van der Waals surface area (Å²) in [6.45, 7) is 0. The highest BCUT2D eigenvalue weighted by Crippen LogP contribution is 2.22. The molecule has 0 unspecified atom stereocenters. The van der Waals surface area contributed by atoms with Crippen molar-refractivity contribution in [1.29, 1.82) is 0 Å². The van der Waals surface area contributed by atoms with Crippen LogP contribution in [0.5, 0.6) is 0 Å². The van der Waals surface area contributed by atoms with Gasteiger partial charge in [0.05, 0.1) is 24.5 Å². The van der Waals surface area contributed by atoms with E-state index in [1.807, 2.05) is 24.3 Å². The fourth-order valence-electron chi connectivity index (χ4n) is 2.02. The summed E-state index contributed by atoms with van der Waals surface area (Å²) in [4.78, 5) is 15.9. The molecule has 0 fully saturated rings. The van der Waals surface area contributed by atoms with Crippen molar-refractivity contribution in [3.05, 3.63) is 52.0 Å². The Hall–Kier alpha value is -1.96. The van der Waals surface area contributed by atoms with Gasteiger partial charge in [0.15, 0.2) is 5.69 Å². The third-order valence-corrected chi connectivity index (χ3v) is 3.59. The number of ether oxygens (including phenoxy) is 1. The van der Waals surface area contributed by atoms with Crippen LogP contribution in [0.3, 0.4) is 0 Å². The number of methoxy groups -OCH3 is 1. The molecular formula is C14H10IN3O2. The van der Waals surface area contributed by atoms with E-state index in [1.54, 1.807) is 23.1 Å². The molecule has 100 valence electrons. The molecular weight excluding hydrogens is 369 g/mol. The maximum absolute atomic E-state index is 11.8. The zero-order valence-electron chi connectivity index (χ0n) is 10.6. The Labute approximate surface area is 128 Å². The van der Waals surface area contributed by atoms with Crippen LogP contribution in [-0.4, -0.2) is 27.8 Å². The average molecular weight is 379 g/mol. The summed E-state index contributed by atoms with van der Waals surface area (Å²) in [5.74, 6) is -0.453. The Morgan fingerprint density at radius 2 is 2.20 bits per heavy atom. The Kier molecular flexibility index (Phi) is 3.39.